The molecular formula is C21H21N3OS. The molecule has 0 radical (unpaired) electrons. The molecule has 0 bridgehead atoms. The van der Waals surface area contributed by atoms with Crippen LogP contribution in [0.25, 0.3) is 6.08 Å². The van der Waals surface area contributed by atoms with Crippen LogP contribution >= 0.6 is 11.3 Å². The largest absolute Gasteiger partial charge is 0.356 e. The van der Waals surface area contributed by atoms with Gasteiger partial charge in [0.05, 0.1) is 11.2 Å². The predicted molar refractivity (Wildman–Crippen MR) is 110 cm³/mol. The van der Waals surface area contributed by atoms with Gasteiger partial charge in [-0.1, -0.05) is 18.2 Å². The van der Waals surface area contributed by atoms with E-state index in [2.05, 4.69) is 10.3 Å². The van der Waals surface area contributed by atoms with Crippen LogP contribution in [0.2, 0.25) is 0 Å². The zero-order valence-electron chi connectivity index (χ0n) is 14.8. The van der Waals surface area contributed by atoms with Crippen molar-refractivity contribution in [3.8, 4) is 0 Å². The second-order valence-corrected chi connectivity index (χ2v) is 6.81. The van der Waals surface area contributed by atoms with Crippen molar-refractivity contribution in [2.24, 2.45) is 0 Å². The van der Waals surface area contributed by atoms with Crippen molar-refractivity contribution in [3.63, 3.8) is 0 Å². The van der Waals surface area contributed by atoms with Gasteiger partial charge in [-0.15, -0.1) is 11.3 Å². The fourth-order valence-electron chi connectivity index (χ4n) is 2.61. The SMILES string of the molecule is CC(C)N(C(=O)C=Cc1cscn1)c1ccc(Nc2ccccc2)cc1. The van der Waals surface area contributed by atoms with Gasteiger partial charge in [-0.2, -0.15) is 0 Å². The molecule has 1 heterocycles. The van der Waals surface area contributed by atoms with Crippen molar-refractivity contribution in [2.45, 2.75) is 19.9 Å². The Morgan fingerprint density at radius 3 is 2.38 bits per heavy atom. The molecule has 3 aromatic rings. The molecule has 0 unspecified atom stereocenters. The van der Waals surface area contributed by atoms with E-state index in [0.717, 1.165) is 22.8 Å². The highest BCUT2D eigenvalue weighted by Crippen LogP contribution is 2.23. The first-order valence-electron chi connectivity index (χ1n) is 8.45. The van der Waals surface area contributed by atoms with Gasteiger partial charge in [-0.25, -0.2) is 4.98 Å². The number of thiazole rings is 1. The maximum Gasteiger partial charge on any atom is 0.251 e. The zero-order chi connectivity index (χ0) is 18.4. The van der Waals surface area contributed by atoms with Gasteiger partial charge < -0.3 is 10.2 Å². The van der Waals surface area contributed by atoms with Gasteiger partial charge in [-0.3, -0.25) is 4.79 Å². The number of nitrogens with one attached hydrogen (secondary N) is 1. The lowest BCUT2D eigenvalue weighted by Gasteiger charge is -2.26. The summed E-state index contributed by atoms with van der Waals surface area (Å²) in [7, 11) is 0. The zero-order valence-corrected chi connectivity index (χ0v) is 15.6. The molecule has 1 aromatic heterocycles. The van der Waals surface area contributed by atoms with Gasteiger partial charge in [0, 0.05) is 34.6 Å². The third-order valence-corrected chi connectivity index (χ3v) is 4.41. The number of hydrogen-bond donors (Lipinski definition) is 1. The topological polar surface area (TPSA) is 45.2 Å². The molecule has 3 rings (SSSR count). The van der Waals surface area contributed by atoms with E-state index in [0.29, 0.717) is 0 Å². The highest BCUT2D eigenvalue weighted by molar-refractivity contribution is 7.07. The number of para-hydroxylation sites is 1. The smallest absolute Gasteiger partial charge is 0.251 e. The molecule has 0 aliphatic rings. The maximum atomic E-state index is 12.7. The lowest BCUT2D eigenvalue weighted by atomic mass is 10.2. The van der Waals surface area contributed by atoms with Crippen LogP contribution < -0.4 is 10.2 Å². The number of hydrogen-bond acceptors (Lipinski definition) is 4. The standard InChI is InChI=1S/C21H21N3OS/c1-16(2)24(21(25)13-10-19-14-26-15-22-19)20-11-8-18(9-12-20)23-17-6-4-3-5-7-17/h3-16,23H,1-2H3. The van der Waals surface area contributed by atoms with Gasteiger partial charge in [0.2, 0.25) is 0 Å². The first-order chi connectivity index (χ1) is 12.6. The Hall–Kier alpha value is -2.92. The van der Waals surface area contributed by atoms with Crippen molar-refractivity contribution in [1.29, 1.82) is 0 Å². The summed E-state index contributed by atoms with van der Waals surface area (Å²) in [5.74, 6) is -0.0585. The molecule has 132 valence electrons. The van der Waals surface area contributed by atoms with Gasteiger partial charge in [-0.05, 0) is 56.3 Å². The summed E-state index contributed by atoms with van der Waals surface area (Å²) < 4.78 is 0. The van der Waals surface area contributed by atoms with Gasteiger partial charge in [0.25, 0.3) is 5.91 Å². The van der Waals surface area contributed by atoms with Crippen LogP contribution in [0.1, 0.15) is 19.5 Å². The number of carbonyl (C=O) groups is 1. The summed E-state index contributed by atoms with van der Waals surface area (Å²) in [6, 6.07) is 17.9. The number of rotatable bonds is 6. The number of anilines is 3. The first kappa shape index (κ1) is 17.9. The molecule has 0 atom stereocenters. The molecular weight excluding hydrogens is 342 g/mol. The lowest BCUT2D eigenvalue weighted by Crippen LogP contribution is -2.35. The van der Waals surface area contributed by atoms with E-state index in [1.165, 1.54) is 11.3 Å². The minimum absolute atomic E-state index is 0.0514. The third kappa shape index (κ3) is 4.58. The molecule has 5 heteroatoms. The van der Waals surface area contributed by atoms with E-state index in [1.54, 1.807) is 22.6 Å². The Balaban J connectivity index is 1.74. The quantitative estimate of drug-likeness (QED) is 0.601. The number of aromatic nitrogens is 1. The lowest BCUT2D eigenvalue weighted by molar-refractivity contribution is -0.114. The molecule has 2 aromatic carbocycles. The third-order valence-electron chi connectivity index (χ3n) is 3.81. The van der Waals surface area contributed by atoms with Crippen molar-refractivity contribution in [2.75, 3.05) is 10.2 Å². The Kier molecular flexibility index (Phi) is 5.81. The average molecular weight is 363 g/mol. The second kappa shape index (κ2) is 8.45. The fourth-order valence-corrected chi connectivity index (χ4v) is 3.14. The summed E-state index contributed by atoms with van der Waals surface area (Å²) >= 11 is 1.51. The van der Waals surface area contributed by atoms with E-state index in [-0.39, 0.29) is 11.9 Å². The molecule has 0 aliphatic heterocycles. The van der Waals surface area contributed by atoms with Gasteiger partial charge in [0.15, 0.2) is 0 Å². The van der Waals surface area contributed by atoms with E-state index >= 15 is 0 Å². The van der Waals surface area contributed by atoms with E-state index < -0.39 is 0 Å². The molecule has 0 saturated carbocycles. The van der Waals surface area contributed by atoms with Gasteiger partial charge in [0.1, 0.15) is 0 Å². The number of benzene rings is 2. The first-order valence-corrected chi connectivity index (χ1v) is 9.39. The number of amides is 1. The Bertz CT molecular complexity index is 856. The summed E-state index contributed by atoms with van der Waals surface area (Å²) in [6.45, 7) is 4.01. The van der Waals surface area contributed by atoms with Crippen molar-refractivity contribution >= 4 is 40.4 Å². The monoisotopic (exact) mass is 363 g/mol. The Labute approximate surface area is 157 Å². The molecule has 0 saturated heterocycles. The van der Waals surface area contributed by atoms with E-state index in [9.17, 15) is 4.79 Å². The molecule has 1 amide bonds. The summed E-state index contributed by atoms with van der Waals surface area (Å²) in [5, 5.41) is 5.26. The minimum atomic E-state index is -0.0585. The predicted octanol–water partition coefficient (Wildman–Crippen LogP) is 5.34. The molecule has 4 nitrogen and oxygen atoms in total. The van der Waals surface area contributed by atoms with Crippen LogP contribution in [0.3, 0.4) is 0 Å². The van der Waals surface area contributed by atoms with Crippen LogP contribution in [0.4, 0.5) is 17.1 Å². The maximum absolute atomic E-state index is 12.7. The normalized spacial score (nSPS) is 11.0. The molecule has 0 fully saturated rings. The summed E-state index contributed by atoms with van der Waals surface area (Å²) in [6.07, 6.45) is 3.32. The second-order valence-electron chi connectivity index (χ2n) is 6.09. The van der Waals surface area contributed by atoms with Crippen LogP contribution in [0.15, 0.2) is 71.6 Å². The highest BCUT2D eigenvalue weighted by Gasteiger charge is 2.16. The number of carbonyl (C=O) groups excluding carboxylic acids is 1. The van der Waals surface area contributed by atoms with E-state index in [4.69, 9.17) is 0 Å². The van der Waals surface area contributed by atoms with Gasteiger partial charge >= 0.3 is 0 Å². The molecule has 26 heavy (non-hydrogen) atoms. The molecule has 1 N–H and O–H groups in total. The van der Waals surface area contributed by atoms with Crippen molar-refractivity contribution in [1.82, 2.24) is 4.98 Å². The van der Waals surface area contributed by atoms with Crippen LogP contribution in [0, 0.1) is 0 Å². The Morgan fingerprint density at radius 1 is 1.08 bits per heavy atom. The molecule has 0 aliphatic carbocycles. The molecule has 0 spiro atoms. The van der Waals surface area contributed by atoms with Crippen LogP contribution in [-0.4, -0.2) is 16.9 Å². The summed E-state index contributed by atoms with van der Waals surface area (Å²) in [4.78, 5) is 18.6. The Morgan fingerprint density at radius 2 is 1.77 bits per heavy atom. The van der Waals surface area contributed by atoms with Crippen LogP contribution in [0.5, 0.6) is 0 Å². The van der Waals surface area contributed by atoms with Crippen molar-refractivity contribution < 1.29 is 4.79 Å². The number of nitrogens with zero attached hydrogens (tertiary/aromatic N) is 2. The average Bonchev–Trinajstić information content (AvgIpc) is 3.16. The highest BCUT2D eigenvalue weighted by atomic mass is 32.1. The fraction of sp³-hybridized carbons (Fsp3) is 0.143. The minimum Gasteiger partial charge on any atom is -0.356 e. The summed E-state index contributed by atoms with van der Waals surface area (Å²) in [5.41, 5.74) is 5.43. The van der Waals surface area contributed by atoms with Crippen LogP contribution in [-0.2, 0) is 4.79 Å². The van der Waals surface area contributed by atoms with Crippen molar-refractivity contribution in [3.05, 3.63) is 77.3 Å². The van der Waals surface area contributed by atoms with E-state index in [1.807, 2.05) is 73.8 Å².